The molecule has 90 valence electrons. The van der Waals surface area contributed by atoms with Gasteiger partial charge in [-0.15, -0.1) is 0 Å². The van der Waals surface area contributed by atoms with Crippen LogP contribution in [0.1, 0.15) is 6.92 Å². The van der Waals surface area contributed by atoms with Crippen molar-refractivity contribution in [1.29, 1.82) is 0 Å². The Balaban J connectivity index is 2.49. The van der Waals surface area contributed by atoms with Crippen molar-refractivity contribution in [2.45, 2.75) is 13.0 Å². The Hall–Kier alpha value is -0.820. The van der Waals surface area contributed by atoms with Gasteiger partial charge in [-0.3, -0.25) is 0 Å². The Bertz CT molecular complexity index is 450. The van der Waals surface area contributed by atoms with Crippen molar-refractivity contribution in [3.63, 3.8) is 0 Å². The van der Waals surface area contributed by atoms with Crippen LogP contribution in [-0.2, 0) is 10.2 Å². The van der Waals surface area contributed by atoms with Crippen LogP contribution < -0.4 is 14.6 Å². The first-order chi connectivity index (χ1) is 7.37. The first-order valence-corrected chi connectivity index (χ1v) is 6.49. The molecule has 0 aliphatic rings. The molecule has 0 aromatic heterocycles. The fourth-order valence-electron chi connectivity index (χ4n) is 1.05. The van der Waals surface area contributed by atoms with E-state index in [9.17, 15) is 8.42 Å². The molecule has 0 bridgehead atoms. The van der Waals surface area contributed by atoms with Crippen LogP contribution in [0, 0.1) is 0 Å². The Kier molecular flexibility index (Phi) is 4.55. The van der Waals surface area contributed by atoms with Gasteiger partial charge in [0.15, 0.2) is 0 Å². The molecule has 0 aliphatic carbocycles. The number of rotatable bonds is 5. The van der Waals surface area contributed by atoms with Gasteiger partial charge in [-0.1, -0.05) is 17.7 Å². The third-order valence-corrected chi connectivity index (χ3v) is 2.51. The largest absolute Gasteiger partial charge is 0.489 e. The third kappa shape index (κ3) is 5.32. The quantitative estimate of drug-likeness (QED) is 0.829. The molecule has 0 radical (unpaired) electrons. The molecule has 1 aromatic rings. The monoisotopic (exact) mass is 264 g/mol. The van der Waals surface area contributed by atoms with Crippen molar-refractivity contribution in [3.05, 3.63) is 29.3 Å². The van der Waals surface area contributed by atoms with E-state index in [1.807, 2.05) is 0 Å². The average Bonchev–Trinajstić information content (AvgIpc) is 2.14. The number of nitrogens with two attached hydrogens (primary N) is 1. The van der Waals surface area contributed by atoms with Gasteiger partial charge in [0.25, 0.3) is 10.2 Å². The predicted octanol–water partition coefficient (Wildman–Crippen LogP) is 0.900. The van der Waals surface area contributed by atoms with E-state index in [-0.39, 0.29) is 12.6 Å². The molecule has 0 unspecified atom stereocenters. The highest BCUT2D eigenvalue weighted by Crippen LogP contribution is 2.18. The third-order valence-electron chi connectivity index (χ3n) is 1.71. The molecule has 0 aliphatic heterocycles. The van der Waals surface area contributed by atoms with Gasteiger partial charge in [0.1, 0.15) is 11.9 Å². The van der Waals surface area contributed by atoms with Crippen LogP contribution in [-0.4, -0.2) is 21.1 Å². The smallest absolute Gasteiger partial charge is 0.274 e. The minimum atomic E-state index is -3.68. The Morgan fingerprint density at radius 2 is 2.25 bits per heavy atom. The van der Waals surface area contributed by atoms with Crippen LogP contribution in [0.25, 0.3) is 0 Å². The number of ether oxygens (including phenoxy) is 1. The zero-order chi connectivity index (χ0) is 12.2. The van der Waals surface area contributed by atoms with Gasteiger partial charge in [-0.05, 0) is 25.1 Å². The number of halogens is 1. The van der Waals surface area contributed by atoms with Gasteiger partial charge in [0.05, 0.1) is 0 Å². The summed E-state index contributed by atoms with van der Waals surface area (Å²) in [6.07, 6.45) is -0.336. The summed E-state index contributed by atoms with van der Waals surface area (Å²) < 4.78 is 28.8. The zero-order valence-electron chi connectivity index (χ0n) is 8.68. The highest BCUT2D eigenvalue weighted by molar-refractivity contribution is 7.87. The molecule has 3 N–H and O–H groups in total. The number of hydrogen-bond acceptors (Lipinski definition) is 3. The summed E-state index contributed by atoms with van der Waals surface area (Å²) in [6, 6.07) is 6.85. The molecule has 1 atom stereocenters. The van der Waals surface area contributed by atoms with Crippen molar-refractivity contribution in [3.8, 4) is 5.75 Å². The molecule has 0 heterocycles. The van der Waals surface area contributed by atoms with Crippen LogP contribution in [0.4, 0.5) is 0 Å². The Morgan fingerprint density at radius 3 is 2.81 bits per heavy atom. The maximum atomic E-state index is 10.6. The van der Waals surface area contributed by atoms with Gasteiger partial charge in [-0.25, -0.2) is 5.14 Å². The van der Waals surface area contributed by atoms with E-state index in [1.54, 1.807) is 31.2 Å². The zero-order valence-corrected chi connectivity index (χ0v) is 10.3. The number of nitrogens with one attached hydrogen (secondary N) is 1. The van der Waals surface area contributed by atoms with E-state index in [2.05, 4.69) is 4.72 Å². The molecule has 7 heteroatoms. The van der Waals surface area contributed by atoms with Crippen LogP contribution >= 0.6 is 11.6 Å². The lowest BCUT2D eigenvalue weighted by Gasteiger charge is -2.14. The van der Waals surface area contributed by atoms with Gasteiger partial charge in [0.2, 0.25) is 0 Å². The van der Waals surface area contributed by atoms with Crippen molar-refractivity contribution in [2.75, 3.05) is 6.54 Å². The molecule has 0 saturated carbocycles. The van der Waals surface area contributed by atoms with E-state index in [0.29, 0.717) is 10.8 Å². The van der Waals surface area contributed by atoms with Crippen LogP contribution in [0.3, 0.4) is 0 Å². The summed E-state index contributed by atoms with van der Waals surface area (Å²) in [4.78, 5) is 0. The van der Waals surface area contributed by atoms with Crippen molar-refractivity contribution >= 4 is 21.8 Å². The second-order valence-electron chi connectivity index (χ2n) is 3.28. The van der Waals surface area contributed by atoms with Gasteiger partial charge >= 0.3 is 0 Å². The van der Waals surface area contributed by atoms with Crippen molar-refractivity contribution < 1.29 is 13.2 Å². The van der Waals surface area contributed by atoms with E-state index < -0.39 is 10.2 Å². The molecule has 0 spiro atoms. The fraction of sp³-hybridized carbons (Fsp3) is 0.333. The Labute approximate surface area is 99.7 Å². The minimum absolute atomic E-state index is 0.103. The SMILES string of the molecule is C[C@@H](CNS(N)(=O)=O)Oc1cccc(Cl)c1. The second-order valence-corrected chi connectivity index (χ2v) is 5.09. The van der Waals surface area contributed by atoms with E-state index in [0.717, 1.165) is 0 Å². The topological polar surface area (TPSA) is 81.4 Å². The molecule has 1 aromatic carbocycles. The molecule has 0 saturated heterocycles. The molecular weight excluding hydrogens is 252 g/mol. The van der Waals surface area contributed by atoms with Gasteiger partial charge in [0, 0.05) is 11.6 Å². The summed E-state index contributed by atoms with van der Waals surface area (Å²) in [5, 5.41) is 5.35. The summed E-state index contributed by atoms with van der Waals surface area (Å²) in [5.74, 6) is 0.580. The lowest BCUT2D eigenvalue weighted by atomic mass is 10.3. The highest BCUT2D eigenvalue weighted by atomic mass is 35.5. The second kappa shape index (κ2) is 5.49. The summed E-state index contributed by atoms with van der Waals surface area (Å²) in [7, 11) is -3.68. The van der Waals surface area contributed by atoms with E-state index >= 15 is 0 Å². The maximum Gasteiger partial charge on any atom is 0.274 e. The predicted molar refractivity (Wildman–Crippen MR) is 62.7 cm³/mol. The fourth-order valence-corrected chi connectivity index (χ4v) is 1.70. The summed E-state index contributed by atoms with van der Waals surface area (Å²) in [6.45, 7) is 1.82. The molecular formula is C9H13ClN2O3S. The molecule has 5 nitrogen and oxygen atoms in total. The lowest BCUT2D eigenvalue weighted by Crippen LogP contribution is -2.37. The van der Waals surface area contributed by atoms with E-state index in [4.69, 9.17) is 21.5 Å². The summed E-state index contributed by atoms with van der Waals surface area (Å²) in [5.41, 5.74) is 0. The van der Waals surface area contributed by atoms with Crippen molar-refractivity contribution in [1.82, 2.24) is 4.72 Å². The first kappa shape index (κ1) is 13.2. The first-order valence-electron chi connectivity index (χ1n) is 4.56. The molecule has 0 amide bonds. The number of benzene rings is 1. The Morgan fingerprint density at radius 1 is 1.56 bits per heavy atom. The van der Waals surface area contributed by atoms with Crippen molar-refractivity contribution in [2.24, 2.45) is 5.14 Å². The maximum absolute atomic E-state index is 10.6. The lowest BCUT2D eigenvalue weighted by molar-refractivity contribution is 0.225. The standard InChI is InChI=1S/C9H13ClN2O3S/c1-7(6-12-16(11,13)14)15-9-4-2-3-8(10)5-9/h2-5,7,12H,6H2,1H3,(H2,11,13,14)/t7-/m0/s1. The highest BCUT2D eigenvalue weighted by Gasteiger charge is 2.08. The van der Waals surface area contributed by atoms with Crippen LogP contribution in [0.2, 0.25) is 5.02 Å². The normalized spacial score (nSPS) is 13.4. The molecule has 16 heavy (non-hydrogen) atoms. The molecule has 0 fully saturated rings. The van der Waals surface area contributed by atoms with Crippen LogP contribution in [0.5, 0.6) is 5.75 Å². The van der Waals surface area contributed by atoms with Gasteiger partial charge < -0.3 is 4.74 Å². The average molecular weight is 265 g/mol. The summed E-state index contributed by atoms with van der Waals surface area (Å²) >= 11 is 5.77. The molecule has 1 rings (SSSR count). The van der Waals surface area contributed by atoms with Crippen LogP contribution in [0.15, 0.2) is 24.3 Å². The van der Waals surface area contributed by atoms with E-state index in [1.165, 1.54) is 0 Å². The number of hydrogen-bond donors (Lipinski definition) is 2. The van der Waals surface area contributed by atoms with Gasteiger partial charge in [-0.2, -0.15) is 13.1 Å². The minimum Gasteiger partial charge on any atom is -0.489 e.